The molecule has 0 bridgehead atoms. The van der Waals surface area contributed by atoms with Gasteiger partial charge < -0.3 is 0 Å². The molecule has 10 heteroatoms. The van der Waals surface area contributed by atoms with Crippen molar-refractivity contribution in [3.05, 3.63) is 91.9 Å². The van der Waals surface area contributed by atoms with Gasteiger partial charge in [0.15, 0.2) is 0 Å². The Morgan fingerprint density at radius 1 is 1.08 bits per heavy atom. The van der Waals surface area contributed by atoms with Gasteiger partial charge >= 0.3 is 232 Å². The first-order valence-electron chi connectivity index (χ1n) is 11.8. The number of hydrogen-bond acceptors (Lipinski definition) is 5. The van der Waals surface area contributed by atoms with E-state index in [0.29, 0.717) is 51.8 Å². The summed E-state index contributed by atoms with van der Waals surface area (Å²) in [4.78, 5) is 35.2. The molecule has 5 rings (SSSR count). The second-order valence-electron chi connectivity index (χ2n) is 8.69. The summed E-state index contributed by atoms with van der Waals surface area (Å²) in [7, 11) is 1.60. The van der Waals surface area contributed by atoms with Gasteiger partial charge in [-0.1, -0.05) is 0 Å². The number of aromatic amines is 1. The number of nitrogens with one attached hydrogen (secondary N) is 2. The van der Waals surface area contributed by atoms with Crippen LogP contribution in [-0.4, -0.2) is 69.8 Å². The Labute approximate surface area is 230 Å². The van der Waals surface area contributed by atoms with Crippen molar-refractivity contribution in [1.82, 2.24) is 20.2 Å². The zero-order valence-corrected chi connectivity index (χ0v) is 23.7. The molecule has 1 atom stereocenters. The van der Waals surface area contributed by atoms with Crippen LogP contribution in [0.15, 0.2) is 59.5 Å². The molecule has 1 fully saturated rings. The number of piperazine rings is 1. The third-order valence-corrected chi connectivity index (χ3v) is 9.86. The molecule has 2 aromatic heterocycles. The standard InChI is InChI=1S/C27H25AsCl2N4O3/c1-37-24-13-16(27(36)34-11-9-31-10-12-34)5-6-19(24)28-20-15-17(14-18-21(29)3-2-4-22(18)30)33-23-7-8-32-26(35)25(20)23/h2-8,13,15,28,31H,9-12,14H2,1H3,(H,32,35). The first-order chi connectivity index (χ1) is 17.9. The van der Waals surface area contributed by atoms with Crippen LogP contribution in [0.25, 0.3) is 10.9 Å². The average molecular weight is 599 g/mol. The summed E-state index contributed by atoms with van der Waals surface area (Å²) in [6.07, 6.45) is 2.04. The Morgan fingerprint density at radius 2 is 1.84 bits per heavy atom. The number of methoxy groups -OCH3 is 1. The average Bonchev–Trinajstić information content (AvgIpc) is 2.91. The Hall–Kier alpha value is -2.83. The van der Waals surface area contributed by atoms with E-state index in [1.54, 1.807) is 37.6 Å². The fraction of sp³-hybridized carbons (Fsp3) is 0.222. The summed E-state index contributed by atoms with van der Waals surface area (Å²) < 4.78 is 7.61. The Kier molecular flexibility index (Phi) is 7.86. The SMILES string of the molecule is COc1cc(C(=O)N2CCNCC2)ccc1[AsH]c1cc(Cc2c(Cl)cccc2Cl)nc2cc[nH]c(=O)c12. The van der Waals surface area contributed by atoms with Crippen molar-refractivity contribution in [3.63, 3.8) is 0 Å². The van der Waals surface area contributed by atoms with Crippen LogP contribution in [0.4, 0.5) is 0 Å². The molecule has 1 unspecified atom stereocenters. The fourth-order valence-corrected chi connectivity index (χ4v) is 7.83. The van der Waals surface area contributed by atoms with Crippen LogP contribution >= 0.6 is 23.2 Å². The summed E-state index contributed by atoms with van der Waals surface area (Å²) in [5, 5.41) is 4.98. The molecule has 1 aliphatic heterocycles. The number of rotatable bonds is 6. The van der Waals surface area contributed by atoms with Crippen LogP contribution < -0.4 is 24.3 Å². The Morgan fingerprint density at radius 3 is 2.57 bits per heavy atom. The van der Waals surface area contributed by atoms with E-state index in [9.17, 15) is 9.59 Å². The molecule has 0 spiro atoms. The van der Waals surface area contributed by atoms with Gasteiger partial charge in [0.1, 0.15) is 0 Å². The summed E-state index contributed by atoms with van der Waals surface area (Å²) in [6.45, 7) is 2.94. The molecule has 0 saturated carbocycles. The number of benzene rings is 2. The summed E-state index contributed by atoms with van der Waals surface area (Å²) in [5.74, 6) is 0.644. The van der Waals surface area contributed by atoms with E-state index in [1.165, 1.54) is 0 Å². The topological polar surface area (TPSA) is 87.3 Å². The number of aromatic nitrogens is 2. The second kappa shape index (κ2) is 11.3. The van der Waals surface area contributed by atoms with Gasteiger partial charge in [0.25, 0.3) is 0 Å². The number of fused-ring (bicyclic) bond motifs is 1. The molecular formula is C27H25AsCl2N4O3. The van der Waals surface area contributed by atoms with Crippen LogP contribution in [0.2, 0.25) is 10.0 Å². The van der Waals surface area contributed by atoms with Gasteiger partial charge in [-0.05, 0) is 0 Å². The minimum absolute atomic E-state index is 0.00365. The van der Waals surface area contributed by atoms with Gasteiger partial charge in [0, 0.05) is 0 Å². The third kappa shape index (κ3) is 5.55. The quantitative estimate of drug-likeness (QED) is 0.333. The Balaban J connectivity index is 1.52. The summed E-state index contributed by atoms with van der Waals surface area (Å²) in [5.41, 5.74) is 2.60. The number of ether oxygens (including phenoxy) is 1. The van der Waals surface area contributed by atoms with E-state index in [4.69, 9.17) is 32.9 Å². The minimum atomic E-state index is -1.04. The zero-order valence-electron chi connectivity index (χ0n) is 20.1. The molecule has 37 heavy (non-hydrogen) atoms. The van der Waals surface area contributed by atoms with E-state index in [1.807, 2.05) is 29.2 Å². The zero-order chi connectivity index (χ0) is 25.9. The number of amides is 1. The van der Waals surface area contributed by atoms with E-state index < -0.39 is 15.8 Å². The molecule has 4 aromatic rings. The number of carbonyl (C=O) groups excluding carboxylic acids is 1. The molecule has 2 N–H and O–H groups in total. The molecule has 3 heterocycles. The van der Waals surface area contributed by atoms with Gasteiger partial charge in [-0.15, -0.1) is 0 Å². The normalized spacial score (nSPS) is 14.0. The van der Waals surface area contributed by atoms with E-state index >= 15 is 0 Å². The van der Waals surface area contributed by atoms with E-state index in [-0.39, 0.29) is 11.5 Å². The van der Waals surface area contributed by atoms with E-state index in [0.717, 1.165) is 33.0 Å². The number of H-pyrrole nitrogens is 1. The van der Waals surface area contributed by atoms with Crippen LogP contribution in [0.3, 0.4) is 0 Å². The van der Waals surface area contributed by atoms with Gasteiger partial charge in [-0.2, -0.15) is 0 Å². The first kappa shape index (κ1) is 25.8. The van der Waals surface area contributed by atoms with Crippen LogP contribution in [0, 0.1) is 0 Å². The molecule has 1 aliphatic rings. The molecule has 7 nitrogen and oxygen atoms in total. The van der Waals surface area contributed by atoms with Crippen molar-refractivity contribution in [2.24, 2.45) is 0 Å². The van der Waals surface area contributed by atoms with Crippen molar-refractivity contribution in [2.75, 3.05) is 33.3 Å². The number of carbonyl (C=O) groups is 1. The van der Waals surface area contributed by atoms with E-state index in [2.05, 4.69) is 10.3 Å². The van der Waals surface area contributed by atoms with Crippen molar-refractivity contribution < 1.29 is 9.53 Å². The molecule has 190 valence electrons. The summed E-state index contributed by atoms with van der Waals surface area (Å²) in [6, 6.07) is 14.8. The predicted molar refractivity (Wildman–Crippen MR) is 150 cm³/mol. The molecule has 0 aliphatic carbocycles. The predicted octanol–water partition coefficient (Wildman–Crippen LogP) is 2.26. The molecule has 2 aromatic carbocycles. The molecule has 1 amide bonds. The number of hydrogen-bond donors (Lipinski definition) is 2. The van der Waals surface area contributed by atoms with Crippen LogP contribution in [0.1, 0.15) is 21.6 Å². The molecular weight excluding hydrogens is 574 g/mol. The first-order valence-corrected chi connectivity index (χ1v) is 14.7. The second-order valence-corrected chi connectivity index (χ2v) is 12.3. The third-order valence-electron chi connectivity index (χ3n) is 6.32. The number of halogens is 2. The fourth-order valence-electron chi connectivity index (χ4n) is 4.44. The van der Waals surface area contributed by atoms with Crippen LogP contribution in [-0.2, 0) is 6.42 Å². The van der Waals surface area contributed by atoms with Gasteiger partial charge in [0.2, 0.25) is 0 Å². The summed E-state index contributed by atoms with van der Waals surface area (Å²) >= 11 is 11.8. The number of pyridine rings is 2. The van der Waals surface area contributed by atoms with Gasteiger partial charge in [-0.25, -0.2) is 0 Å². The van der Waals surface area contributed by atoms with Crippen molar-refractivity contribution in [3.8, 4) is 5.75 Å². The number of nitrogens with zero attached hydrogens (tertiary/aromatic N) is 2. The van der Waals surface area contributed by atoms with Crippen molar-refractivity contribution in [2.45, 2.75) is 6.42 Å². The van der Waals surface area contributed by atoms with Gasteiger partial charge in [0.05, 0.1) is 0 Å². The van der Waals surface area contributed by atoms with Gasteiger partial charge in [-0.3, -0.25) is 0 Å². The van der Waals surface area contributed by atoms with Crippen molar-refractivity contribution >= 4 is 64.5 Å². The van der Waals surface area contributed by atoms with Crippen molar-refractivity contribution in [1.29, 1.82) is 0 Å². The molecule has 1 saturated heterocycles. The maximum atomic E-state index is 13.0. The monoisotopic (exact) mass is 598 g/mol. The molecule has 0 radical (unpaired) electrons. The maximum absolute atomic E-state index is 13.0. The van der Waals surface area contributed by atoms with Crippen LogP contribution in [0.5, 0.6) is 5.75 Å². The Bertz CT molecular complexity index is 1520.